The van der Waals surface area contributed by atoms with Crippen LogP contribution in [0.4, 0.5) is 11.4 Å². The van der Waals surface area contributed by atoms with Crippen LogP contribution in [-0.2, 0) is 9.59 Å². The van der Waals surface area contributed by atoms with Gasteiger partial charge in [-0.3, -0.25) is 9.59 Å². The molecule has 0 spiro atoms. The lowest BCUT2D eigenvalue weighted by Crippen LogP contribution is -2.46. The molecule has 4 rings (SSSR count). The summed E-state index contributed by atoms with van der Waals surface area (Å²) in [6.45, 7) is 4.88. The van der Waals surface area contributed by atoms with E-state index in [1.807, 2.05) is 55.5 Å². The van der Waals surface area contributed by atoms with Gasteiger partial charge in [-0.2, -0.15) is 0 Å². The van der Waals surface area contributed by atoms with E-state index in [0.29, 0.717) is 49.7 Å². The molecule has 1 aliphatic rings. The topological polar surface area (TPSA) is 86.3 Å². The van der Waals surface area contributed by atoms with Crippen LogP contribution < -0.4 is 29.2 Å². The molecule has 3 aromatic carbocycles. The molecule has 3 aromatic rings. The van der Waals surface area contributed by atoms with Crippen LogP contribution in [0.15, 0.2) is 66.7 Å². The van der Waals surface area contributed by atoms with E-state index in [-0.39, 0.29) is 11.8 Å². The van der Waals surface area contributed by atoms with Crippen LogP contribution in [0, 0.1) is 6.92 Å². The number of nitrogens with zero attached hydrogens (tertiary/aromatic N) is 1. The van der Waals surface area contributed by atoms with Gasteiger partial charge in [0.25, 0.3) is 5.91 Å². The van der Waals surface area contributed by atoms with Gasteiger partial charge < -0.3 is 29.2 Å². The SMILES string of the molecule is COc1ccc(OCCCC(=O)Nc2ccc3c(c2)OC(C)C(=O)N3CCOc2ccc(C)cc2)cc1. The first kappa shape index (κ1) is 25.9. The molecule has 0 saturated carbocycles. The van der Waals surface area contributed by atoms with Gasteiger partial charge in [0.05, 0.1) is 25.9 Å². The Morgan fingerprint density at radius 2 is 1.59 bits per heavy atom. The highest BCUT2D eigenvalue weighted by atomic mass is 16.5. The molecule has 0 aromatic heterocycles. The Hall–Kier alpha value is -4.20. The maximum absolute atomic E-state index is 12.8. The van der Waals surface area contributed by atoms with Gasteiger partial charge in [-0.25, -0.2) is 0 Å². The van der Waals surface area contributed by atoms with Gasteiger partial charge in [0.2, 0.25) is 5.91 Å². The molecule has 37 heavy (non-hydrogen) atoms. The molecule has 1 N–H and O–H groups in total. The molecule has 0 saturated heterocycles. The van der Waals surface area contributed by atoms with Gasteiger partial charge in [0.1, 0.15) is 29.6 Å². The van der Waals surface area contributed by atoms with E-state index in [2.05, 4.69) is 5.32 Å². The number of amides is 2. The predicted octanol–water partition coefficient (Wildman–Crippen LogP) is 4.99. The Kier molecular flexibility index (Phi) is 8.51. The second-order valence-electron chi connectivity index (χ2n) is 8.77. The number of methoxy groups -OCH3 is 1. The number of hydrogen-bond donors (Lipinski definition) is 1. The van der Waals surface area contributed by atoms with Crippen molar-refractivity contribution in [2.45, 2.75) is 32.8 Å². The van der Waals surface area contributed by atoms with Crippen molar-refractivity contribution in [3.8, 4) is 23.0 Å². The monoisotopic (exact) mass is 504 g/mol. The van der Waals surface area contributed by atoms with E-state index in [4.69, 9.17) is 18.9 Å². The highest BCUT2D eigenvalue weighted by molar-refractivity contribution is 6.00. The zero-order valence-corrected chi connectivity index (χ0v) is 21.4. The molecular weight excluding hydrogens is 472 g/mol. The Morgan fingerprint density at radius 1 is 0.946 bits per heavy atom. The van der Waals surface area contributed by atoms with Crippen molar-refractivity contribution in [3.63, 3.8) is 0 Å². The van der Waals surface area contributed by atoms with Crippen LogP contribution in [0.25, 0.3) is 0 Å². The second-order valence-corrected chi connectivity index (χ2v) is 8.77. The number of aryl methyl sites for hydroxylation is 1. The summed E-state index contributed by atoms with van der Waals surface area (Å²) < 4.78 is 22.4. The smallest absolute Gasteiger partial charge is 0.267 e. The van der Waals surface area contributed by atoms with Gasteiger partial charge >= 0.3 is 0 Å². The minimum Gasteiger partial charge on any atom is -0.497 e. The number of nitrogens with one attached hydrogen (secondary N) is 1. The van der Waals surface area contributed by atoms with Crippen molar-refractivity contribution in [3.05, 3.63) is 72.3 Å². The van der Waals surface area contributed by atoms with Gasteiger partial charge in [-0.1, -0.05) is 17.7 Å². The summed E-state index contributed by atoms with van der Waals surface area (Å²) in [6, 6.07) is 20.4. The van der Waals surface area contributed by atoms with E-state index in [1.54, 1.807) is 37.1 Å². The lowest BCUT2D eigenvalue weighted by Gasteiger charge is -2.33. The third-order valence-electron chi connectivity index (χ3n) is 5.93. The van der Waals surface area contributed by atoms with Crippen molar-refractivity contribution in [2.75, 3.05) is 37.1 Å². The first-order chi connectivity index (χ1) is 17.9. The molecule has 0 bridgehead atoms. The van der Waals surface area contributed by atoms with Crippen LogP contribution in [0.2, 0.25) is 0 Å². The van der Waals surface area contributed by atoms with Crippen molar-refractivity contribution >= 4 is 23.2 Å². The first-order valence-electron chi connectivity index (χ1n) is 12.3. The van der Waals surface area contributed by atoms with Gasteiger partial charge in [-0.15, -0.1) is 0 Å². The predicted molar refractivity (Wildman–Crippen MR) is 142 cm³/mol. The fraction of sp³-hybridized carbons (Fsp3) is 0.310. The number of hydrogen-bond acceptors (Lipinski definition) is 6. The van der Waals surface area contributed by atoms with E-state index < -0.39 is 6.10 Å². The highest BCUT2D eigenvalue weighted by Crippen LogP contribution is 2.36. The summed E-state index contributed by atoms with van der Waals surface area (Å²) in [7, 11) is 1.61. The zero-order chi connectivity index (χ0) is 26.2. The fourth-order valence-electron chi connectivity index (χ4n) is 3.93. The average Bonchev–Trinajstić information content (AvgIpc) is 2.90. The van der Waals surface area contributed by atoms with E-state index in [9.17, 15) is 9.59 Å². The maximum atomic E-state index is 12.8. The average molecular weight is 505 g/mol. The number of ether oxygens (including phenoxy) is 4. The first-order valence-corrected chi connectivity index (χ1v) is 12.3. The lowest BCUT2D eigenvalue weighted by molar-refractivity contribution is -0.125. The molecule has 0 aliphatic carbocycles. The Morgan fingerprint density at radius 3 is 2.30 bits per heavy atom. The van der Waals surface area contributed by atoms with E-state index >= 15 is 0 Å². The minimum atomic E-state index is -0.632. The number of anilines is 2. The normalized spacial score (nSPS) is 14.4. The summed E-state index contributed by atoms with van der Waals surface area (Å²) in [4.78, 5) is 26.9. The molecule has 0 radical (unpaired) electrons. The Balaban J connectivity index is 1.28. The molecule has 8 nitrogen and oxygen atoms in total. The standard InChI is InChI=1S/C29H32N2O6/c1-20-6-9-24(10-7-20)36-18-16-31-26-15-8-22(19-27(26)37-21(2)29(31)33)30-28(32)5-4-17-35-25-13-11-23(34-3)12-14-25/h6-15,19,21H,4-5,16-18H2,1-3H3,(H,30,32). The van der Waals surface area contributed by atoms with Gasteiger partial charge in [0.15, 0.2) is 6.10 Å². The van der Waals surface area contributed by atoms with Crippen molar-refractivity contribution in [2.24, 2.45) is 0 Å². The van der Waals surface area contributed by atoms with Gasteiger partial charge in [0, 0.05) is 18.2 Å². The molecule has 2 amide bonds. The summed E-state index contributed by atoms with van der Waals surface area (Å²) in [5, 5.41) is 2.90. The van der Waals surface area contributed by atoms with E-state index in [0.717, 1.165) is 22.8 Å². The molecule has 1 atom stereocenters. The number of carbonyl (C=O) groups excluding carboxylic acids is 2. The Bertz CT molecular complexity index is 1210. The quantitative estimate of drug-likeness (QED) is 0.370. The molecule has 8 heteroatoms. The molecular formula is C29H32N2O6. The number of benzene rings is 3. The second kappa shape index (κ2) is 12.2. The number of fused-ring (bicyclic) bond motifs is 1. The third-order valence-corrected chi connectivity index (χ3v) is 5.93. The summed E-state index contributed by atoms with van der Waals surface area (Å²) in [6.07, 6.45) is 0.248. The largest absolute Gasteiger partial charge is 0.497 e. The van der Waals surface area contributed by atoms with Crippen molar-refractivity contribution in [1.82, 2.24) is 0 Å². The molecule has 194 valence electrons. The van der Waals surface area contributed by atoms with Crippen LogP contribution in [-0.4, -0.2) is 44.8 Å². The zero-order valence-electron chi connectivity index (χ0n) is 21.4. The number of rotatable bonds is 11. The summed E-state index contributed by atoms with van der Waals surface area (Å²) in [5.74, 6) is 2.54. The fourth-order valence-corrected chi connectivity index (χ4v) is 3.93. The van der Waals surface area contributed by atoms with Crippen LogP contribution in [0.3, 0.4) is 0 Å². The Labute approximate surface area is 217 Å². The molecule has 1 heterocycles. The van der Waals surface area contributed by atoms with Crippen LogP contribution in [0.1, 0.15) is 25.3 Å². The lowest BCUT2D eigenvalue weighted by atomic mass is 10.1. The number of carbonyl (C=O) groups is 2. The van der Waals surface area contributed by atoms with Crippen LogP contribution in [0.5, 0.6) is 23.0 Å². The van der Waals surface area contributed by atoms with Gasteiger partial charge in [-0.05, 0) is 68.8 Å². The van der Waals surface area contributed by atoms with Crippen molar-refractivity contribution in [1.29, 1.82) is 0 Å². The minimum absolute atomic E-state index is 0.124. The van der Waals surface area contributed by atoms with Crippen LogP contribution >= 0.6 is 0 Å². The molecule has 1 unspecified atom stereocenters. The molecule has 1 aliphatic heterocycles. The van der Waals surface area contributed by atoms with E-state index in [1.165, 1.54) is 0 Å². The van der Waals surface area contributed by atoms with Crippen molar-refractivity contribution < 1.29 is 28.5 Å². The third kappa shape index (κ3) is 6.94. The maximum Gasteiger partial charge on any atom is 0.267 e. The summed E-state index contributed by atoms with van der Waals surface area (Å²) in [5.41, 5.74) is 2.42. The summed E-state index contributed by atoms with van der Waals surface area (Å²) >= 11 is 0. The highest BCUT2D eigenvalue weighted by Gasteiger charge is 2.31. The molecule has 0 fully saturated rings.